The van der Waals surface area contributed by atoms with Crippen LogP contribution in [0.4, 0.5) is 18.0 Å². The number of carbonyl (C=O) groups is 2. The average Bonchev–Trinajstić information content (AvgIpc) is 3.64. The second-order valence-corrected chi connectivity index (χ2v) is 13.1. The maximum absolute atomic E-state index is 13.6. The first-order valence-electron chi connectivity index (χ1n) is 14.2. The number of likely N-dealkylation sites (tertiary alicyclic amines) is 1. The lowest BCUT2D eigenvalue weighted by Gasteiger charge is -2.24. The number of hydrogen-bond acceptors (Lipinski definition) is 6. The number of aryl methyl sites for hydroxylation is 2. The van der Waals surface area contributed by atoms with Gasteiger partial charge in [0.15, 0.2) is 6.09 Å². The van der Waals surface area contributed by atoms with Crippen molar-refractivity contribution in [3.63, 3.8) is 0 Å². The lowest BCUT2D eigenvalue weighted by Crippen LogP contribution is -2.45. The van der Waals surface area contributed by atoms with E-state index in [0.717, 1.165) is 24.5 Å². The van der Waals surface area contributed by atoms with Gasteiger partial charge in [0.1, 0.15) is 5.82 Å². The number of fused-ring (bicyclic) bond motifs is 1. The molecule has 0 radical (unpaired) electrons. The van der Waals surface area contributed by atoms with Gasteiger partial charge in [0.2, 0.25) is 5.91 Å². The van der Waals surface area contributed by atoms with Crippen LogP contribution >= 0.6 is 11.6 Å². The van der Waals surface area contributed by atoms with Crippen LogP contribution in [0.15, 0.2) is 65.6 Å². The summed E-state index contributed by atoms with van der Waals surface area (Å²) in [6.07, 6.45) is -4.38. The molecule has 1 aliphatic heterocycles. The van der Waals surface area contributed by atoms with Crippen molar-refractivity contribution in [3.8, 4) is 5.69 Å². The number of imidazole rings is 1. The molecular weight excluding hydrogens is 633 g/mol. The molecular formula is C31H29ClF3N4O5S-. The molecule has 0 unspecified atom stereocenters. The Morgan fingerprint density at radius 3 is 2.24 bits per heavy atom. The molecule has 1 fully saturated rings. The van der Waals surface area contributed by atoms with Gasteiger partial charge < -0.3 is 14.8 Å². The topological polar surface area (TPSA) is 116 Å². The average molecular weight is 662 g/mol. The molecule has 0 bridgehead atoms. The molecule has 0 N–H and O–H groups in total. The number of hydrogen-bond donors (Lipinski definition) is 0. The minimum absolute atomic E-state index is 0.0298. The minimum Gasteiger partial charge on any atom is -0.529 e. The summed E-state index contributed by atoms with van der Waals surface area (Å²) < 4.78 is 68.6. The highest BCUT2D eigenvalue weighted by Crippen LogP contribution is 2.38. The standard InChI is InChI=1S/C31H30ClF3N4O5S/c1-20-4-10-23(11-5-20)45(43,44)38(30(41)42)17-14-21-6-8-22(9-7-21)39-27-19-25(32)24(31(33,34)35)18-26(27)36-28(39)12-13-29(40)37-15-2-3-16-37/h4-11,18-19H,2-3,12-17H2,1H3,(H,41,42)/p-1. The van der Waals surface area contributed by atoms with E-state index in [-0.39, 0.29) is 39.9 Å². The lowest BCUT2D eigenvalue weighted by atomic mass is 10.1. The number of rotatable bonds is 9. The van der Waals surface area contributed by atoms with Crippen LogP contribution in [0.5, 0.6) is 0 Å². The fourth-order valence-corrected chi connectivity index (χ4v) is 6.88. The predicted molar refractivity (Wildman–Crippen MR) is 159 cm³/mol. The number of alkyl halides is 3. The number of sulfonamides is 1. The number of benzene rings is 3. The Kier molecular flexibility index (Phi) is 9.13. The molecule has 0 atom stereocenters. The van der Waals surface area contributed by atoms with E-state index in [1.165, 1.54) is 18.2 Å². The minimum atomic E-state index is -4.69. The van der Waals surface area contributed by atoms with E-state index < -0.39 is 39.4 Å². The highest BCUT2D eigenvalue weighted by molar-refractivity contribution is 7.89. The van der Waals surface area contributed by atoms with E-state index in [2.05, 4.69) is 4.98 Å². The van der Waals surface area contributed by atoms with Gasteiger partial charge in [-0.3, -0.25) is 13.7 Å². The van der Waals surface area contributed by atoms with Crippen molar-refractivity contribution >= 4 is 44.7 Å². The molecule has 1 aliphatic rings. The van der Waals surface area contributed by atoms with Gasteiger partial charge in [0.05, 0.1) is 26.5 Å². The SMILES string of the molecule is Cc1ccc(S(=O)(=O)N(CCc2ccc(-n3c(CCC(=O)N4CCCC4)nc4cc(C(F)(F)F)c(Cl)cc43)cc2)C(=O)[O-])cc1. The number of carboxylic acid groups (broad SMARTS) is 1. The zero-order valence-corrected chi connectivity index (χ0v) is 25.8. The summed E-state index contributed by atoms with van der Waals surface area (Å²) in [6, 6.07) is 14.5. The Balaban J connectivity index is 1.42. The predicted octanol–water partition coefficient (Wildman–Crippen LogP) is 5.14. The molecule has 0 saturated carbocycles. The van der Waals surface area contributed by atoms with Gasteiger partial charge in [-0.15, -0.1) is 0 Å². The number of carbonyl (C=O) groups excluding carboxylic acids is 2. The van der Waals surface area contributed by atoms with Crippen LogP contribution < -0.4 is 5.11 Å². The summed E-state index contributed by atoms with van der Waals surface area (Å²) in [6.45, 7) is 2.71. The summed E-state index contributed by atoms with van der Waals surface area (Å²) in [5, 5.41) is 11.3. The highest BCUT2D eigenvalue weighted by atomic mass is 35.5. The first-order valence-corrected chi connectivity index (χ1v) is 16.0. The smallest absolute Gasteiger partial charge is 0.417 e. The first kappa shape index (κ1) is 32.3. The number of aromatic nitrogens is 2. The van der Waals surface area contributed by atoms with Crippen molar-refractivity contribution in [1.82, 2.24) is 18.8 Å². The summed E-state index contributed by atoms with van der Waals surface area (Å²) in [4.78, 5) is 30.6. The summed E-state index contributed by atoms with van der Waals surface area (Å²) in [5.74, 6) is 0.307. The summed E-state index contributed by atoms with van der Waals surface area (Å²) in [5.41, 5.74) is 1.28. The maximum atomic E-state index is 13.6. The quantitative estimate of drug-likeness (QED) is 0.245. The lowest BCUT2D eigenvalue weighted by molar-refractivity contribution is -0.259. The molecule has 9 nitrogen and oxygen atoms in total. The molecule has 1 saturated heterocycles. The van der Waals surface area contributed by atoms with Crippen molar-refractivity contribution in [3.05, 3.63) is 88.2 Å². The molecule has 3 aromatic carbocycles. The van der Waals surface area contributed by atoms with Gasteiger partial charge in [-0.1, -0.05) is 41.4 Å². The van der Waals surface area contributed by atoms with Crippen LogP contribution in [0.2, 0.25) is 5.02 Å². The monoisotopic (exact) mass is 661 g/mol. The van der Waals surface area contributed by atoms with Gasteiger partial charge in [0.25, 0.3) is 10.0 Å². The Bertz CT molecular complexity index is 1840. The fraction of sp³-hybridized carbons (Fsp3) is 0.323. The van der Waals surface area contributed by atoms with E-state index in [9.17, 15) is 36.3 Å². The van der Waals surface area contributed by atoms with E-state index >= 15 is 0 Å². The van der Waals surface area contributed by atoms with Crippen molar-refractivity contribution < 1.29 is 36.3 Å². The van der Waals surface area contributed by atoms with E-state index in [4.69, 9.17) is 11.6 Å². The molecule has 4 aromatic rings. The Morgan fingerprint density at radius 2 is 1.64 bits per heavy atom. The third kappa shape index (κ3) is 6.94. The third-order valence-electron chi connectivity index (χ3n) is 7.75. The second-order valence-electron chi connectivity index (χ2n) is 10.8. The zero-order valence-electron chi connectivity index (χ0n) is 24.2. The van der Waals surface area contributed by atoms with E-state index in [0.29, 0.717) is 35.7 Å². The van der Waals surface area contributed by atoms with Crippen molar-refractivity contribution in [2.24, 2.45) is 0 Å². The van der Waals surface area contributed by atoms with Gasteiger partial charge in [-0.2, -0.15) is 13.2 Å². The van der Waals surface area contributed by atoms with Gasteiger partial charge in [-0.05, 0) is 68.1 Å². The normalized spacial score (nSPS) is 13.8. The van der Waals surface area contributed by atoms with Gasteiger partial charge in [-0.25, -0.2) is 13.4 Å². The maximum Gasteiger partial charge on any atom is 0.417 e. The Morgan fingerprint density at radius 1 is 1.00 bits per heavy atom. The zero-order chi connectivity index (χ0) is 32.5. The molecule has 5 rings (SSSR count). The second kappa shape index (κ2) is 12.7. The molecule has 2 heterocycles. The van der Waals surface area contributed by atoms with Crippen molar-refractivity contribution in [2.45, 2.75) is 50.1 Å². The molecule has 0 aliphatic carbocycles. The third-order valence-corrected chi connectivity index (χ3v) is 9.84. The van der Waals surface area contributed by atoms with Crippen LogP contribution in [0.3, 0.4) is 0 Å². The van der Waals surface area contributed by atoms with Crippen molar-refractivity contribution in [2.75, 3.05) is 19.6 Å². The van der Waals surface area contributed by atoms with Gasteiger partial charge >= 0.3 is 6.18 Å². The first-order chi connectivity index (χ1) is 21.3. The largest absolute Gasteiger partial charge is 0.529 e. The van der Waals surface area contributed by atoms with Crippen LogP contribution in [0.25, 0.3) is 16.7 Å². The van der Waals surface area contributed by atoms with Gasteiger partial charge in [0, 0.05) is 38.2 Å². The number of nitrogens with zero attached hydrogens (tertiary/aromatic N) is 4. The van der Waals surface area contributed by atoms with Crippen LogP contribution in [0, 0.1) is 6.92 Å². The molecule has 1 aromatic heterocycles. The van der Waals surface area contributed by atoms with E-state index in [1.807, 2.05) is 0 Å². The van der Waals surface area contributed by atoms with E-state index in [1.54, 1.807) is 52.8 Å². The highest BCUT2D eigenvalue weighted by Gasteiger charge is 2.34. The fourth-order valence-electron chi connectivity index (χ4n) is 5.35. The molecule has 14 heteroatoms. The number of amides is 2. The molecule has 2 amide bonds. The molecule has 238 valence electrons. The van der Waals surface area contributed by atoms with Crippen molar-refractivity contribution in [1.29, 1.82) is 0 Å². The van der Waals surface area contributed by atoms with Crippen LogP contribution in [-0.4, -0.2) is 58.8 Å². The molecule has 0 spiro atoms. The van der Waals surface area contributed by atoms with Crippen LogP contribution in [-0.2, 0) is 33.8 Å². The summed E-state index contributed by atoms with van der Waals surface area (Å²) >= 11 is 6.05. The Labute approximate surface area is 262 Å². The van der Waals surface area contributed by atoms with Crippen LogP contribution in [0.1, 0.15) is 41.8 Å². The Hall–Kier alpha value is -4.10. The number of halogens is 4. The summed E-state index contributed by atoms with van der Waals surface area (Å²) in [7, 11) is -4.36. The molecule has 45 heavy (non-hydrogen) atoms.